The number of hydrogen-bond acceptors (Lipinski definition) is 4. The molecule has 1 fully saturated rings. The van der Waals surface area contributed by atoms with Crippen molar-refractivity contribution in [3.05, 3.63) is 0 Å². The number of hydrogen-bond donors (Lipinski definition) is 1. The molecule has 0 aromatic rings. The molecule has 4 nitrogen and oxygen atoms in total. The number of ether oxygens (including phenoxy) is 1. The minimum atomic E-state index is -1.24. The summed E-state index contributed by atoms with van der Waals surface area (Å²) in [6.07, 6.45) is -1.33. The number of ketones is 1. The standard InChI is InChI=1S/C6H7IO4/c7-2-1-3-4(8)5(9)6(10)11-3/h3-4,8H,1-2H2. The molecule has 2 unspecified atom stereocenters. The van der Waals surface area contributed by atoms with E-state index in [-0.39, 0.29) is 0 Å². The van der Waals surface area contributed by atoms with Gasteiger partial charge in [0.25, 0.3) is 5.78 Å². The smallest absolute Gasteiger partial charge is 0.377 e. The van der Waals surface area contributed by atoms with Crippen molar-refractivity contribution in [1.29, 1.82) is 0 Å². The number of aliphatic hydroxyl groups is 1. The summed E-state index contributed by atoms with van der Waals surface area (Å²) in [5, 5.41) is 9.06. The monoisotopic (exact) mass is 270 g/mol. The lowest BCUT2D eigenvalue weighted by Crippen LogP contribution is -2.26. The van der Waals surface area contributed by atoms with E-state index in [0.29, 0.717) is 6.42 Å². The minimum Gasteiger partial charge on any atom is -0.453 e. The van der Waals surface area contributed by atoms with Crippen molar-refractivity contribution in [2.24, 2.45) is 0 Å². The normalized spacial score (nSPS) is 30.7. The van der Waals surface area contributed by atoms with Crippen molar-refractivity contribution < 1.29 is 19.4 Å². The summed E-state index contributed by atoms with van der Waals surface area (Å²) < 4.78 is 5.33. The Balaban J connectivity index is 2.59. The van der Waals surface area contributed by atoms with E-state index in [0.717, 1.165) is 4.43 Å². The van der Waals surface area contributed by atoms with E-state index >= 15 is 0 Å². The highest BCUT2D eigenvalue weighted by molar-refractivity contribution is 14.1. The minimum absolute atomic E-state index is 0.527. The number of rotatable bonds is 2. The van der Waals surface area contributed by atoms with E-state index < -0.39 is 24.0 Å². The molecule has 1 aliphatic heterocycles. The molecule has 0 aromatic heterocycles. The predicted molar refractivity (Wildman–Crippen MR) is 44.4 cm³/mol. The Kier molecular flexibility index (Phi) is 2.83. The summed E-state index contributed by atoms with van der Waals surface area (Å²) in [6.45, 7) is 0. The Morgan fingerprint density at radius 3 is 2.55 bits per heavy atom. The van der Waals surface area contributed by atoms with Gasteiger partial charge in [0.2, 0.25) is 0 Å². The van der Waals surface area contributed by atoms with E-state index in [1.165, 1.54) is 0 Å². The fraction of sp³-hybridized carbons (Fsp3) is 0.667. The van der Waals surface area contributed by atoms with Gasteiger partial charge in [-0.05, 0) is 6.42 Å². The van der Waals surface area contributed by atoms with Gasteiger partial charge in [-0.2, -0.15) is 0 Å². The van der Waals surface area contributed by atoms with Crippen molar-refractivity contribution in [3.63, 3.8) is 0 Å². The Morgan fingerprint density at radius 1 is 1.55 bits per heavy atom. The van der Waals surface area contributed by atoms with Gasteiger partial charge in [-0.1, -0.05) is 22.6 Å². The van der Waals surface area contributed by atoms with Crippen LogP contribution in [0.15, 0.2) is 0 Å². The molecule has 5 heteroatoms. The molecular weight excluding hydrogens is 263 g/mol. The Labute approximate surface area is 77.1 Å². The fourth-order valence-corrected chi connectivity index (χ4v) is 1.49. The van der Waals surface area contributed by atoms with Gasteiger partial charge in [-0.15, -0.1) is 0 Å². The zero-order valence-corrected chi connectivity index (χ0v) is 7.78. The first-order valence-corrected chi connectivity index (χ1v) is 4.68. The average molecular weight is 270 g/mol. The number of Topliss-reactive ketones (excluding diaryl/α,β-unsaturated/α-hetero) is 1. The molecule has 11 heavy (non-hydrogen) atoms. The average Bonchev–Trinajstić information content (AvgIpc) is 2.19. The highest BCUT2D eigenvalue weighted by Gasteiger charge is 2.41. The number of cyclic esters (lactones) is 1. The summed E-state index contributed by atoms with van der Waals surface area (Å²) in [7, 11) is 0. The van der Waals surface area contributed by atoms with Crippen LogP contribution in [0.4, 0.5) is 0 Å². The van der Waals surface area contributed by atoms with Gasteiger partial charge in [0.1, 0.15) is 6.10 Å². The maximum absolute atomic E-state index is 10.7. The van der Waals surface area contributed by atoms with Crippen molar-refractivity contribution in [2.45, 2.75) is 18.6 Å². The van der Waals surface area contributed by atoms with E-state index in [1.807, 2.05) is 0 Å². The van der Waals surface area contributed by atoms with E-state index in [1.54, 1.807) is 0 Å². The predicted octanol–water partition coefficient (Wildman–Crippen LogP) is -0.333. The van der Waals surface area contributed by atoms with Crippen LogP contribution in [0, 0.1) is 0 Å². The fourth-order valence-electron chi connectivity index (χ4n) is 0.874. The molecule has 0 aromatic carbocycles. The second-order valence-electron chi connectivity index (χ2n) is 2.23. The van der Waals surface area contributed by atoms with E-state index in [9.17, 15) is 9.59 Å². The first-order valence-electron chi connectivity index (χ1n) is 3.15. The molecule has 1 aliphatic rings. The Hall–Kier alpha value is -0.170. The summed E-state index contributed by atoms with van der Waals surface area (Å²) in [6, 6.07) is 0. The largest absolute Gasteiger partial charge is 0.453 e. The second-order valence-corrected chi connectivity index (χ2v) is 3.31. The van der Waals surface area contributed by atoms with Crippen LogP contribution in [-0.4, -0.2) is 33.5 Å². The molecule has 1 saturated heterocycles. The van der Waals surface area contributed by atoms with Crippen molar-refractivity contribution in [2.75, 3.05) is 4.43 Å². The van der Waals surface area contributed by atoms with Crippen molar-refractivity contribution in [3.8, 4) is 0 Å². The van der Waals surface area contributed by atoms with Gasteiger partial charge >= 0.3 is 5.97 Å². The van der Waals surface area contributed by atoms with Crippen molar-refractivity contribution >= 4 is 34.3 Å². The molecule has 0 saturated carbocycles. The Morgan fingerprint density at radius 2 is 2.18 bits per heavy atom. The van der Waals surface area contributed by atoms with Crippen LogP contribution >= 0.6 is 22.6 Å². The van der Waals surface area contributed by atoms with Gasteiger partial charge in [-0.3, -0.25) is 4.79 Å². The lowest BCUT2D eigenvalue weighted by atomic mass is 10.1. The summed E-state index contributed by atoms with van der Waals surface area (Å²) in [4.78, 5) is 21.2. The molecule has 0 aliphatic carbocycles. The van der Waals surface area contributed by atoms with Crippen LogP contribution in [0.1, 0.15) is 6.42 Å². The first-order chi connectivity index (χ1) is 5.16. The lowest BCUT2D eigenvalue weighted by molar-refractivity contribution is -0.149. The quantitative estimate of drug-likeness (QED) is 0.323. The van der Waals surface area contributed by atoms with Crippen LogP contribution in [0.2, 0.25) is 0 Å². The van der Waals surface area contributed by atoms with E-state index in [4.69, 9.17) is 5.11 Å². The van der Waals surface area contributed by atoms with Crippen LogP contribution in [0.3, 0.4) is 0 Å². The van der Waals surface area contributed by atoms with Gasteiger partial charge in [0, 0.05) is 4.43 Å². The molecule has 0 bridgehead atoms. The number of esters is 1. The summed E-state index contributed by atoms with van der Waals surface area (Å²) in [5.74, 6) is -1.73. The number of carbonyl (C=O) groups is 2. The Bertz CT molecular complexity index is 191. The van der Waals surface area contributed by atoms with Crippen LogP contribution in [0.5, 0.6) is 0 Å². The molecule has 0 radical (unpaired) electrons. The van der Waals surface area contributed by atoms with Gasteiger partial charge in [0.05, 0.1) is 0 Å². The molecule has 62 valence electrons. The van der Waals surface area contributed by atoms with E-state index in [2.05, 4.69) is 27.3 Å². The third kappa shape index (κ3) is 1.70. The molecule has 1 N–H and O–H groups in total. The van der Waals surface area contributed by atoms with Gasteiger partial charge < -0.3 is 9.84 Å². The number of carbonyl (C=O) groups excluding carboxylic acids is 2. The van der Waals surface area contributed by atoms with Crippen LogP contribution in [0.25, 0.3) is 0 Å². The van der Waals surface area contributed by atoms with Gasteiger partial charge in [0.15, 0.2) is 6.10 Å². The third-order valence-electron chi connectivity index (χ3n) is 1.47. The first kappa shape index (κ1) is 8.92. The SMILES string of the molecule is O=C1OC(CCI)C(O)C1=O. The van der Waals surface area contributed by atoms with Crippen LogP contribution < -0.4 is 0 Å². The van der Waals surface area contributed by atoms with Crippen LogP contribution in [-0.2, 0) is 14.3 Å². The highest BCUT2D eigenvalue weighted by atomic mass is 127. The zero-order valence-electron chi connectivity index (χ0n) is 5.62. The third-order valence-corrected chi connectivity index (χ3v) is 2.10. The molecule has 2 atom stereocenters. The lowest BCUT2D eigenvalue weighted by Gasteiger charge is -2.08. The summed E-state index contributed by atoms with van der Waals surface area (Å²) >= 11 is 2.09. The molecule has 0 amide bonds. The number of aliphatic hydroxyl groups excluding tert-OH is 1. The second kappa shape index (κ2) is 3.48. The number of alkyl halides is 1. The topological polar surface area (TPSA) is 63.6 Å². The van der Waals surface area contributed by atoms with Gasteiger partial charge in [-0.25, -0.2) is 4.79 Å². The molecule has 1 rings (SSSR count). The summed E-state index contributed by atoms with van der Waals surface area (Å²) in [5.41, 5.74) is 0. The maximum Gasteiger partial charge on any atom is 0.377 e. The molecule has 0 spiro atoms. The zero-order chi connectivity index (χ0) is 8.43. The molecule has 1 heterocycles. The molecular formula is C6H7IO4. The highest BCUT2D eigenvalue weighted by Crippen LogP contribution is 2.15. The van der Waals surface area contributed by atoms with Crippen molar-refractivity contribution in [1.82, 2.24) is 0 Å². The number of halogens is 1. The maximum atomic E-state index is 10.7.